The van der Waals surface area contributed by atoms with Gasteiger partial charge in [-0.25, -0.2) is 0 Å². The van der Waals surface area contributed by atoms with E-state index in [1.807, 2.05) is 4.90 Å². The average molecular weight is 282 g/mol. The van der Waals surface area contributed by atoms with Crippen LogP contribution >= 0.6 is 0 Å². The lowest BCUT2D eigenvalue weighted by Crippen LogP contribution is -2.58. The van der Waals surface area contributed by atoms with Crippen LogP contribution in [0.4, 0.5) is 0 Å². The standard InChI is InChI=1S/C16H30N2O2/c1-13(2)12-20-14-6-10-18(11-7-14)15(19)16(17)8-4-3-5-9-16/h13-14H,3-12,17H2,1-2H3. The number of nitrogens with zero attached hydrogens (tertiary/aromatic N) is 1. The van der Waals surface area contributed by atoms with Gasteiger partial charge in [0.15, 0.2) is 0 Å². The van der Waals surface area contributed by atoms with Gasteiger partial charge in [0.25, 0.3) is 0 Å². The van der Waals surface area contributed by atoms with Crippen LogP contribution in [0.5, 0.6) is 0 Å². The topological polar surface area (TPSA) is 55.6 Å². The molecule has 1 aliphatic heterocycles. The Balaban J connectivity index is 1.79. The summed E-state index contributed by atoms with van der Waals surface area (Å²) in [4.78, 5) is 14.6. The zero-order valence-corrected chi connectivity index (χ0v) is 13.1. The zero-order valence-electron chi connectivity index (χ0n) is 13.1. The second kappa shape index (κ2) is 6.90. The van der Waals surface area contributed by atoms with E-state index in [2.05, 4.69) is 13.8 Å². The molecule has 1 amide bonds. The lowest BCUT2D eigenvalue weighted by atomic mass is 9.81. The molecule has 2 rings (SSSR count). The average Bonchev–Trinajstić information content (AvgIpc) is 2.45. The van der Waals surface area contributed by atoms with Crippen LogP contribution in [0.1, 0.15) is 58.8 Å². The fourth-order valence-corrected chi connectivity index (χ4v) is 3.27. The number of likely N-dealkylation sites (tertiary alicyclic amines) is 1. The van der Waals surface area contributed by atoms with E-state index in [-0.39, 0.29) is 5.91 Å². The van der Waals surface area contributed by atoms with Gasteiger partial charge in [0.1, 0.15) is 0 Å². The van der Waals surface area contributed by atoms with Crippen LogP contribution in [0.15, 0.2) is 0 Å². The van der Waals surface area contributed by atoms with Gasteiger partial charge >= 0.3 is 0 Å². The molecule has 1 heterocycles. The number of hydrogen-bond acceptors (Lipinski definition) is 3. The first-order valence-electron chi connectivity index (χ1n) is 8.21. The third-order valence-corrected chi connectivity index (χ3v) is 4.57. The van der Waals surface area contributed by atoms with Crippen LogP contribution in [0.3, 0.4) is 0 Å². The van der Waals surface area contributed by atoms with Gasteiger partial charge in [-0.2, -0.15) is 0 Å². The molecule has 2 aliphatic rings. The monoisotopic (exact) mass is 282 g/mol. The molecule has 1 saturated heterocycles. The number of rotatable bonds is 4. The summed E-state index contributed by atoms with van der Waals surface area (Å²) in [5.41, 5.74) is 5.76. The van der Waals surface area contributed by atoms with Crippen LogP contribution in [-0.4, -0.2) is 42.1 Å². The third-order valence-electron chi connectivity index (χ3n) is 4.57. The number of piperidine rings is 1. The minimum Gasteiger partial charge on any atom is -0.378 e. The van der Waals surface area contributed by atoms with Crippen molar-refractivity contribution in [2.24, 2.45) is 11.7 Å². The fourth-order valence-electron chi connectivity index (χ4n) is 3.27. The lowest BCUT2D eigenvalue weighted by Gasteiger charge is -2.40. The van der Waals surface area contributed by atoms with Crippen LogP contribution in [0, 0.1) is 5.92 Å². The molecular formula is C16H30N2O2. The number of nitrogens with two attached hydrogens (primary N) is 1. The first kappa shape index (κ1) is 15.8. The summed E-state index contributed by atoms with van der Waals surface area (Å²) in [5.74, 6) is 0.753. The zero-order chi connectivity index (χ0) is 14.6. The van der Waals surface area contributed by atoms with Gasteiger partial charge < -0.3 is 15.4 Å². The molecule has 2 fully saturated rings. The smallest absolute Gasteiger partial charge is 0.242 e. The van der Waals surface area contributed by atoms with Gasteiger partial charge in [0, 0.05) is 19.7 Å². The van der Waals surface area contributed by atoms with E-state index < -0.39 is 5.54 Å². The summed E-state index contributed by atoms with van der Waals surface area (Å²) in [6.07, 6.45) is 7.35. The normalized spacial score (nSPS) is 24.1. The highest BCUT2D eigenvalue weighted by Crippen LogP contribution is 2.29. The van der Waals surface area contributed by atoms with Gasteiger partial charge in [0.05, 0.1) is 11.6 Å². The lowest BCUT2D eigenvalue weighted by molar-refractivity contribution is -0.141. The van der Waals surface area contributed by atoms with Crippen molar-refractivity contribution < 1.29 is 9.53 Å². The summed E-state index contributed by atoms with van der Waals surface area (Å²) >= 11 is 0. The van der Waals surface area contributed by atoms with Crippen molar-refractivity contribution in [2.45, 2.75) is 70.4 Å². The Hall–Kier alpha value is -0.610. The molecule has 20 heavy (non-hydrogen) atoms. The molecule has 116 valence electrons. The molecule has 2 N–H and O–H groups in total. The summed E-state index contributed by atoms with van der Waals surface area (Å²) in [5, 5.41) is 0. The van der Waals surface area contributed by atoms with Crippen molar-refractivity contribution in [3.63, 3.8) is 0 Å². The Kier molecular flexibility index (Phi) is 5.44. The molecular weight excluding hydrogens is 252 g/mol. The highest BCUT2D eigenvalue weighted by atomic mass is 16.5. The molecule has 0 radical (unpaired) electrons. The van der Waals surface area contributed by atoms with Crippen molar-refractivity contribution in [1.29, 1.82) is 0 Å². The molecule has 0 spiro atoms. The largest absolute Gasteiger partial charge is 0.378 e. The van der Waals surface area contributed by atoms with Gasteiger partial charge in [0.2, 0.25) is 5.91 Å². The summed E-state index contributed by atoms with van der Waals surface area (Å²) in [6, 6.07) is 0. The molecule has 1 aliphatic carbocycles. The predicted molar refractivity (Wildman–Crippen MR) is 80.4 cm³/mol. The number of carbonyl (C=O) groups excluding carboxylic acids is 1. The first-order chi connectivity index (χ1) is 9.51. The highest BCUT2D eigenvalue weighted by molar-refractivity contribution is 5.86. The Morgan fingerprint density at radius 3 is 2.40 bits per heavy atom. The maximum absolute atomic E-state index is 12.6. The Morgan fingerprint density at radius 2 is 1.85 bits per heavy atom. The molecule has 1 saturated carbocycles. The van der Waals surface area contributed by atoms with Gasteiger partial charge in [-0.15, -0.1) is 0 Å². The van der Waals surface area contributed by atoms with Crippen molar-refractivity contribution in [2.75, 3.05) is 19.7 Å². The van der Waals surface area contributed by atoms with E-state index in [1.165, 1.54) is 6.42 Å². The summed E-state index contributed by atoms with van der Waals surface area (Å²) in [7, 11) is 0. The Morgan fingerprint density at radius 1 is 1.25 bits per heavy atom. The molecule has 4 nitrogen and oxygen atoms in total. The second-order valence-electron chi connectivity index (χ2n) is 6.94. The van der Waals surface area contributed by atoms with E-state index in [0.29, 0.717) is 12.0 Å². The van der Waals surface area contributed by atoms with Gasteiger partial charge in [-0.05, 0) is 31.6 Å². The highest BCUT2D eigenvalue weighted by Gasteiger charge is 2.39. The Bertz CT molecular complexity index is 316. The van der Waals surface area contributed by atoms with E-state index >= 15 is 0 Å². The second-order valence-corrected chi connectivity index (χ2v) is 6.94. The molecule has 0 aromatic rings. The maximum Gasteiger partial charge on any atom is 0.242 e. The van der Waals surface area contributed by atoms with Crippen molar-refractivity contribution in [1.82, 2.24) is 4.90 Å². The van der Waals surface area contributed by atoms with Crippen LogP contribution in [0.2, 0.25) is 0 Å². The van der Waals surface area contributed by atoms with Gasteiger partial charge in [-0.3, -0.25) is 4.79 Å². The van der Waals surface area contributed by atoms with Crippen molar-refractivity contribution >= 4 is 5.91 Å². The van der Waals surface area contributed by atoms with E-state index in [0.717, 1.165) is 58.2 Å². The molecule has 0 bridgehead atoms. The van der Waals surface area contributed by atoms with Crippen LogP contribution < -0.4 is 5.73 Å². The number of amides is 1. The van der Waals surface area contributed by atoms with Crippen molar-refractivity contribution in [3.8, 4) is 0 Å². The van der Waals surface area contributed by atoms with Crippen LogP contribution in [0.25, 0.3) is 0 Å². The van der Waals surface area contributed by atoms with E-state index in [9.17, 15) is 4.79 Å². The number of ether oxygens (including phenoxy) is 1. The van der Waals surface area contributed by atoms with E-state index in [4.69, 9.17) is 10.5 Å². The SMILES string of the molecule is CC(C)COC1CCN(C(=O)C2(N)CCCCC2)CC1. The maximum atomic E-state index is 12.6. The summed E-state index contributed by atoms with van der Waals surface area (Å²) < 4.78 is 5.87. The first-order valence-corrected chi connectivity index (χ1v) is 8.21. The Labute approximate surface area is 123 Å². The number of hydrogen-bond donors (Lipinski definition) is 1. The molecule has 4 heteroatoms. The predicted octanol–water partition coefficient (Wildman–Crippen LogP) is 2.31. The minimum atomic E-state index is -0.579. The minimum absolute atomic E-state index is 0.180. The summed E-state index contributed by atoms with van der Waals surface area (Å²) in [6.45, 7) is 6.76. The quantitative estimate of drug-likeness (QED) is 0.861. The molecule has 0 unspecified atom stereocenters. The van der Waals surface area contributed by atoms with Crippen LogP contribution in [-0.2, 0) is 9.53 Å². The van der Waals surface area contributed by atoms with Gasteiger partial charge in [-0.1, -0.05) is 33.1 Å². The van der Waals surface area contributed by atoms with Crippen molar-refractivity contribution in [3.05, 3.63) is 0 Å². The molecule has 0 aromatic heterocycles. The van der Waals surface area contributed by atoms with E-state index in [1.54, 1.807) is 0 Å². The fraction of sp³-hybridized carbons (Fsp3) is 0.938. The number of carbonyl (C=O) groups is 1. The third kappa shape index (κ3) is 3.95. The molecule has 0 aromatic carbocycles. The molecule has 0 atom stereocenters.